The Balaban J connectivity index is 1.55. The van der Waals surface area contributed by atoms with Crippen LogP contribution in [-0.4, -0.2) is 22.5 Å². The average molecular weight is 750 g/mol. The van der Waals surface area contributed by atoms with Crippen LogP contribution in [0.3, 0.4) is 0 Å². The first kappa shape index (κ1) is 31.4. The highest BCUT2D eigenvalue weighted by molar-refractivity contribution is 9.10. The SMILES string of the molecule is O=C1[C@@H]2[C@@H](C(=O)N1c1ccc(Br)cc1[N+](=O)[O-])[C@@]1(c3ccc(Cl)cc3)C(=O)[C@@]2(c2ccc(Cl)cc2)C(c2ccccc2)=C1c1ccccc1. The number of carbonyl (C=O) groups excluding carboxylic acids is 3. The number of imide groups is 1. The second-order valence-corrected chi connectivity index (χ2v) is 14.1. The number of anilines is 1. The molecule has 0 N–H and O–H groups in total. The van der Waals surface area contributed by atoms with Gasteiger partial charge in [-0.2, -0.15) is 0 Å². The van der Waals surface area contributed by atoms with Gasteiger partial charge in [0.2, 0.25) is 11.8 Å². The number of nitro benzene ring substituents is 1. The summed E-state index contributed by atoms with van der Waals surface area (Å²) >= 11 is 16.1. The van der Waals surface area contributed by atoms with Gasteiger partial charge in [0.25, 0.3) is 5.69 Å². The van der Waals surface area contributed by atoms with Crippen LogP contribution in [0, 0.1) is 22.0 Å². The van der Waals surface area contributed by atoms with Crippen LogP contribution in [0.4, 0.5) is 11.4 Å². The molecule has 2 bridgehead atoms. The number of amides is 2. The summed E-state index contributed by atoms with van der Waals surface area (Å²) in [6.07, 6.45) is 0. The molecule has 5 aromatic rings. The third-order valence-corrected chi connectivity index (χ3v) is 11.1. The van der Waals surface area contributed by atoms with Gasteiger partial charge in [-0.15, -0.1) is 0 Å². The molecule has 3 aliphatic rings. The molecule has 1 saturated heterocycles. The lowest BCUT2D eigenvalue weighted by Gasteiger charge is -2.39. The smallest absolute Gasteiger partial charge is 0.294 e. The van der Waals surface area contributed by atoms with Crippen molar-refractivity contribution in [2.45, 2.75) is 10.8 Å². The summed E-state index contributed by atoms with van der Waals surface area (Å²) in [5, 5.41) is 13.2. The second-order valence-electron chi connectivity index (χ2n) is 12.3. The zero-order valence-corrected chi connectivity index (χ0v) is 28.4. The number of allylic oxidation sites excluding steroid dienone is 2. The third kappa shape index (κ3) is 4.17. The van der Waals surface area contributed by atoms with Crippen molar-refractivity contribution >= 4 is 79.3 Å². The van der Waals surface area contributed by atoms with E-state index in [2.05, 4.69) is 15.9 Å². The number of nitrogens with zero attached hydrogens (tertiary/aromatic N) is 2. The molecule has 5 aromatic carbocycles. The summed E-state index contributed by atoms with van der Waals surface area (Å²) in [5.74, 6) is -4.23. The number of ketones is 1. The minimum atomic E-state index is -1.69. The molecule has 1 heterocycles. The second kappa shape index (κ2) is 11.3. The molecule has 10 heteroatoms. The Kier molecular flexibility index (Phi) is 7.26. The first-order valence-electron chi connectivity index (χ1n) is 15.4. The van der Waals surface area contributed by atoms with Gasteiger partial charge in [0.1, 0.15) is 5.69 Å². The van der Waals surface area contributed by atoms with Crippen LogP contribution in [0.5, 0.6) is 0 Å². The minimum Gasteiger partial charge on any atom is -0.297 e. The Hall–Kier alpha value is -4.89. The van der Waals surface area contributed by atoms with Gasteiger partial charge in [-0.25, -0.2) is 4.90 Å². The van der Waals surface area contributed by atoms with Crippen molar-refractivity contribution in [1.82, 2.24) is 0 Å². The standard InChI is InChI=1S/C39H23BrCl2N2O5/c40-26-15-20-29(30(21-26)44(48)49)43-35(45)33-34(36(43)46)39(25-13-18-28(42)19-14-25)32(23-9-5-2-6-10-23)31(22-7-3-1-4-8-22)38(33,37(39)47)24-11-16-27(41)17-12-24/h1-21,33-34H/t33-,34-,38-,39-/m0/s1. The van der Waals surface area contributed by atoms with Gasteiger partial charge >= 0.3 is 0 Å². The molecule has 2 amide bonds. The summed E-state index contributed by atoms with van der Waals surface area (Å²) in [4.78, 5) is 58.9. The lowest BCUT2D eigenvalue weighted by molar-refractivity contribution is -0.384. The Morgan fingerprint density at radius 1 is 0.633 bits per heavy atom. The number of nitro groups is 1. The quantitative estimate of drug-likeness (QED) is 0.0982. The molecule has 49 heavy (non-hydrogen) atoms. The number of benzene rings is 5. The molecule has 0 spiro atoms. The fourth-order valence-electron chi connectivity index (χ4n) is 8.43. The zero-order valence-electron chi connectivity index (χ0n) is 25.3. The highest BCUT2D eigenvalue weighted by Gasteiger charge is 2.83. The Bertz CT molecular complexity index is 2130. The van der Waals surface area contributed by atoms with Gasteiger partial charge in [-0.05, 0) is 69.8 Å². The van der Waals surface area contributed by atoms with Gasteiger partial charge in [0, 0.05) is 20.6 Å². The molecular weight excluding hydrogens is 727 g/mol. The lowest BCUT2D eigenvalue weighted by Crippen LogP contribution is -2.45. The van der Waals surface area contributed by atoms with E-state index >= 15 is 14.4 Å². The average Bonchev–Trinajstić information content (AvgIpc) is 3.61. The molecule has 8 rings (SSSR count). The first-order chi connectivity index (χ1) is 23.6. The number of hydrogen-bond acceptors (Lipinski definition) is 5. The summed E-state index contributed by atoms with van der Waals surface area (Å²) in [7, 11) is 0. The number of halogens is 3. The van der Waals surface area contributed by atoms with E-state index < -0.39 is 45.1 Å². The van der Waals surface area contributed by atoms with Crippen molar-refractivity contribution in [3.8, 4) is 0 Å². The van der Waals surface area contributed by atoms with Gasteiger partial charge < -0.3 is 0 Å². The highest BCUT2D eigenvalue weighted by Crippen LogP contribution is 2.74. The van der Waals surface area contributed by atoms with Gasteiger partial charge in [0.05, 0.1) is 27.6 Å². The summed E-state index contributed by atoms with van der Waals surface area (Å²) in [6.45, 7) is 0. The van der Waals surface area contributed by atoms with Gasteiger partial charge in [0.15, 0.2) is 5.78 Å². The zero-order chi connectivity index (χ0) is 34.2. The van der Waals surface area contributed by atoms with E-state index in [1.54, 1.807) is 54.6 Å². The van der Waals surface area contributed by atoms with Crippen molar-refractivity contribution in [3.05, 3.63) is 174 Å². The summed E-state index contributed by atoms with van der Waals surface area (Å²) < 4.78 is 0.409. The lowest BCUT2D eigenvalue weighted by atomic mass is 9.59. The highest BCUT2D eigenvalue weighted by atomic mass is 79.9. The normalized spacial score (nSPS) is 24.1. The van der Waals surface area contributed by atoms with E-state index in [0.29, 0.717) is 47.9 Å². The van der Waals surface area contributed by atoms with Crippen molar-refractivity contribution in [1.29, 1.82) is 0 Å². The number of rotatable bonds is 6. The van der Waals surface area contributed by atoms with E-state index in [1.807, 2.05) is 60.7 Å². The molecule has 240 valence electrons. The number of Topliss-reactive ketones (excluding diaryl/α,β-unsaturated/α-hetero) is 1. The van der Waals surface area contributed by atoms with Crippen molar-refractivity contribution in [2.75, 3.05) is 4.90 Å². The molecule has 0 radical (unpaired) electrons. The van der Waals surface area contributed by atoms with Crippen LogP contribution in [-0.2, 0) is 25.2 Å². The maximum absolute atomic E-state index is 16.0. The van der Waals surface area contributed by atoms with Crippen molar-refractivity contribution in [3.63, 3.8) is 0 Å². The molecule has 1 saturated carbocycles. The van der Waals surface area contributed by atoms with Crippen LogP contribution in [0.15, 0.2) is 132 Å². The largest absolute Gasteiger partial charge is 0.297 e. The maximum atomic E-state index is 16.0. The van der Waals surface area contributed by atoms with E-state index in [4.69, 9.17) is 23.2 Å². The van der Waals surface area contributed by atoms with Gasteiger partial charge in [-0.3, -0.25) is 24.5 Å². The predicted octanol–water partition coefficient (Wildman–Crippen LogP) is 8.85. The van der Waals surface area contributed by atoms with Crippen LogP contribution in [0.25, 0.3) is 11.1 Å². The number of carbonyl (C=O) groups is 3. The summed E-state index contributed by atoms with van der Waals surface area (Å²) in [6, 6.07) is 36.5. The Morgan fingerprint density at radius 2 is 1.06 bits per heavy atom. The molecule has 2 fully saturated rings. The minimum absolute atomic E-state index is 0.163. The topological polar surface area (TPSA) is 97.6 Å². The van der Waals surface area contributed by atoms with Crippen LogP contribution in [0.2, 0.25) is 10.0 Å². The van der Waals surface area contributed by atoms with E-state index in [0.717, 1.165) is 4.90 Å². The van der Waals surface area contributed by atoms with Crippen LogP contribution in [0.1, 0.15) is 22.3 Å². The maximum Gasteiger partial charge on any atom is 0.294 e. The summed E-state index contributed by atoms with van der Waals surface area (Å²) in [5.41, 5.74) is -0.386. The molecule has 1 aliphatic heterocycles. The monoisotopic (exact) mass is 748 g/mol. The number of fused-ring (bicyclic) bond motifs is 5. The van der Waals surface area contributed by atoms with Gasteiger partial charge in [-0.1, -0.05) is 124 Å². The van der Waals surface area contributed by atoms with Crippen molar-refractivity contribution in [2.24, 2.45) is 11.8 Å². The Labute approximate surface area is 299 Å². The van der Waals surface area contributed by atoms with E-state index in [1.165, 1.54) is 12.1 Å². The molecule has 4 atom stereocenters. The van der Waals surface area contributed by atoms with Crippen molar-refractivity contribution < 1.29 is 19.3 Å². The first-order valence-corrected chi connectivity index (χ1v) is 16.9. The molecule has 7 nitrogen and oxygen atoms in total. The Morgan fingerprint density at radius 3 is 1.47 bits per heavy atom. The molecule has 0 unspecified atom stereocenters. The van der Waals surface area contributed by atoms with Crippen LogP contribution >= 0.6 is 39.1 Å². The molecular formula is C39H23BrCl2N2O5. The van der Waals surface area contributed by atoms with E-state index in [-0.39, 0.29) is 11.5 Å². The van der Waals surface area contributed by atoms with Crippen LogP contribution < -0.4 is 4.90 Å². The predicted molar refractivity (Wildman–Crippen MR) is 191 cm³/mol. The third-order valence-electron chi connectivity index (χ3n) is 10.1. The molecule has 0 aromatic heterocycles. The fraction of sp³-hybridized carbons (Fsp3) is 0.103. The molecule has 2 aliphatic carbocycles. The van der Waals surface area contributed by atoms with E-state index in [9.17, 15) is 10.1 Å². The number of hydrogen-bond donors (Lipinski definition) is 0. The fourth-order valence-corrected chi connectivity index (χ4v) is 9.03.